The topological polar surface area (TPSA) is 17.1 Å². The first kappa shape index (κ1) is 12.4. The average molecular weight is 246 g/mol. The van der Waals surface area contributed by atoms with Gasteiger partial charge in [-0.15, -0.1) is 0 Å². The van der Waals surface area contributed by atoms with Gasteiger partial charge in [0.1, 0.15) is 11.6 Å². The third-order valence-electron chi connectivity index (χ3n) is 2.81. The molecule has 2 rings (SSSR count). The van der Waals surface area contributed by atoms with Crippen LogP contribution in [0, 0.1) is 25.5 Å². The normalized spacial score (nSPS) is 10.4. The zero-order valence-electron chi connectivity index (χ0n) is 10.1. The number of benzene rings is 2. The number of aryl methyl sites for hydroxylation is 2. The summed E-state index contributed by atoms with van der Waals surface area (Å²) in [6.07, 6.45) is 0. The van der Waals surface area contributed by atoms with Crippen molar-refractivity contribution in [2.24, 2.45) is 0 Å². The molecule has 0 amide bonds. The summed E-state index contributed by atoms with van der Waals surface area (Å²) in [6, 6.07) is 8.30. The van der Waals surface area contributed by atoms with Gasteiger partial charge < -0.3 is 0 Å². The van der Waals surface area contributed by atoms with Crippen LogP contribution < -0.4 is 0 Å². The first-order chi connectivity index (χ1) is 8.49. The lowest BCUT2D eigenvalue weighted by molar-refractivity contribution is 0.103. The molecule has 18 heavy (non-hydrogen) atoms. The van der Waals surface area contributed by atoms with Gasteiger partial charge in [-0.3, -0.25) is 4.79 Å². The first-order valence-corrected chi connectivity index (χ1v) is 5.56. The van der Waals surface area contributed by atoms with Gasteiger partial charge in [-0.2, -0.15) is 0 Å². The molecular formula is C15H12F2O. The maximum atomic E-state index is 13.7. The van der Waals surface area contributed by atoms with Crippen molar-refractivity contribution in [1.29, 1.82) is 0 Å². The summed E-state index contributed by atoms with van der Waals surface area (Å²) in [5.41, 5.74) is 1.52. The lowest BCUT2D eigenvalue weighted by Crippen LogP contribution is -2.07. The number of ketones is 1. The van der Waals surface area contributed by atoms with E-state index in [4.69, 9.17) is 0 Å². The predicted octanol–water partition coefficient (Wildman–Crippen LogP) is 3.81. The van der Waals surface area contributed by atoms with Gasteiger partial charge in [0.2, 0.25) is 0 Å². The maximum absolute atomic E-state index is 13.7. The Morgan fingerprint density at radius 2 is 1.67 bits per heavy atom. The van der Waals surface area contributed by atoms with Crippen LogP contribution in [0.15, 0.2) is 36.4 Å². The summed E-state index contributed by atoms with van der Waals surface area (Å²) in [6.45, 7) is 3.43. The van der Waals surface area contributed by atoms with Gasteiger partial charge >= 0.3 is 0 Å². The van der Waals surface area contributed by atoms with Crippen molar-refractivity contribution >= 4 is 5.78 Å². The molecule has 2 aromatic rings. The van der Waals surface area contributed by atoms with Gasteiger partial charge in [0.05, 0.1) is 5.56 Å². The highest BCUT2D eigenvalue weighted by Crippen LogP contribution is 2.18. The molecule has 0 aliphatic rings. The molecule has 2 aromatic carbocycles. The Morgan fingerprint density at radius 1 is 0.944 bits per heavy atom. The van der Waals surface area contributed by atoms with Crippen molar-refractivity contribution in [1.82, 2.24) is 0 Å². The lowest BCUT2D eigenvalue weighted by atomic mass is 9.98. The fourth-order valence-corrected chi connectivity index (χ4v) is 1.79. The van der Waals surface area contributed by atoms with Crippen molar-refractivity contribution in [3.05, 3.63) is 70.3 Å². The number of halogens is 2. The summed E-state index contributed by atoms with van der Waals surface area (Å²) in [5, 5.41) is 0. The van der Waals surface area contributed by atoms with Crippen LogP contribution in [0.1, 0.15) is 27.0 Å². The van der Waals surface area contributed by atoms with Crippen molar-refractivity contribution in [3.63, 3.8) is 0 Å². The van der Waals surface area contributed by atoms with Crippen molar-refractivity contribution in [3.8, 4) is 0 Å². The molecule has 0 unspecified atom stereocenters. The fraction of sp³-hybridized carbons (Fsp3) is 0.133. The number of hydrogen-bond acceptors (Lipinski definition) is 1. The molecule has 0 aliphatic heterocycles. The summed E-state index contributed by atoms with van der Waals surface area (Å²) in [4.78, 5) is 12.1. The highest BCUT2D eigenvalue weighted by atomic mass is 19.1. The summed E-state index contributed by atoms with van der Waals surface area (Å²) in [5.74, 6) is -1.58. The first-order valence-electron chi connectivity index (χ1n) is 5.56. The minimum Gasteiger partial charge on any atom is -0.288 e. The SMILES string of the molecule is Cc1ccc(C(=O)c2cc(F)ccc2C)c(F)c1. The molecule has 0 saturated carbocycles. The van der Waals surface area contributed by atoms with E-state index in [2.05, 4.69) is 0 Å². The van der Waals surface area contributed by atoms with E-state index in [1.54, 1.807) is 19.9 Å². The van der Waals surface area contributed by atoms with E-state index in [0.29, 0.717) is 5.56 Å². The average Bonchev–Trinajstić information content (AvgIpc) is 2.31. The smallest absolute Gasteiger partial charge is 0.196 e. The van der Waals surface area contributed by atoms with Crippen LogP contribution in [0.25, 0.3) is 0 Å². The second-order valence-corrected chi connectivity index (χ2v) is 4.27. The van der Waals surface area contributed by atoms with Crippen LogP contribution in [-0.2, 0) is 0 Å². The fourth-order valence-electron chi connectivity index (χ4n) is 1.79. The highest BCUT2D eigenvalue weighted by molar-refractivity contribution is 6.10. The van der Waals surface area contributed by atoms with Gasteiger partial charge in [-0.1, -0.05) is 12.1 Å². The molecular weight excluding hydrogens is 234 g/mol. The second kappa shape index (κ2) is 4.69. The number of hydrogen-bond donors (Lipinski definition) is 0. The molecule has 0 spiro atoms. The van der Waals surface area contributed by atoms with Gasteiger partial charge in [-0.25, -0.2) is 8.78 Å². The molecule has 0 bridgehead atoms. The zero-order chi connectivity index (χ0) is 13.3. The Kier molecular flexibility index (Phi) is 3.24. The van der Waals surface area contributed by atoms with Crippen LogP contribution in [0.5, 0.6) is 0 Å². The lowest BCUT2D eigenvalue weighted by Gasteiger charge is -2.06. The minimum absolute atomic E-state index is 0.0331. The number of carbonyl (C=O) groups is 1. The van der Waals surface area contributed by atoms with Crippen molar-refractivity contribution in [2.45, 2.75) is 13.8 Å². The van der Waals surface area contributed by atoms with E-state index in [1.807, 2.05) is 0 Å². The molecule has 0 aliphatic carbocycles. The second-order valence-electron chi connectivity index (χ2n) is 4.27. The molecule has 1 nitrogen and oxygen atoms in total. The largest absolute Gasteiger partial charge is 0.288 e. The van der Waals surface area contributed by atoms with Crippen LogP contribution in [0.2, 0.25) is 0 Å². The van der Waals surface area contributed by atoms with E-state index in [-0.39, 0.29) is 11.1 Å². The van der Waals surface area contributed by atoms with Crippen molar-refractivity contribution < 1.29 is 13.6 Å². The third kappa shape index (κ3) is 2.30. The Morgan fingerprint density at radius 3 is 2.33 bits per heavy atom. The van der Waals surface area contributed by atoms with Gasteiger partial charge in [0, 0.05) is 5.56 Å². The molecule has 0 saturated heterocycles. The van der Waals surface area contributed by atoms with Gasteiger partial charge in [0.25, 0.3) is 0 Å². The Labute approximate surface area is 104 Å². The quantitative estimate of drug-likeness (QED) is 0.736. The highest BCUT2D eigenvalue weighted by Gasteiger charge is 2.16. The van der Waals surface area contributed by atoms with E-state index in [1.165, 1.54) is 24.3 Å². The van der Waals surface area contributed by atoms with E-state index in [0.717, 1.165) is 11.6 Å². The predicted molar refractivity (Wildman–Crippen MR) is 65.7 cm³/mol. The Bertz CT molecular complexity index is 618. The summed E-state index contributed by atoms with van der Waals surface area (Å²) >= 11 is 0. The molecule has 0 heterocycles. The standard InChI is InChI=1S/C15H12F2O/c1-9-3-6-12(14(17)7-9)15(18)13-8-11(16)5-4-10(13)2/h3-8H,1-2H3. The van der Waals surface area contributed by atoms with Gasteiger partial charge in [0.15, 0.2) is 5.78 Å². The summed E-state index contributed by atoms with van der Waals surface area (Å²) in [7, 11) is 0. The minimum atomic E-state index is -0.580. The monoisotopic (exact) mass is 246 g/mol. The molecule has 0 N–H and O–H groups in total. The number of carbonyl (C=O) groups excluding carboxylic acids is 1. The van der Waals surface area contributed by atoms with Crippen LogP contribution in [0.4, 0.5) is 8.78 Å². The molecule has 0 aromatic heterocycles. The molecule has 0 atom stereocenters. The third-order valence-corrected chi connectivity index (χ3v) is 2.81. The van der Waals surface area contributed by atoms with Crippen molar-refractivity contribution in [2.75, 3.05) is 0 Å². The van der Waals surface area contributed by atoms with Crippen LogP contribution >= 0.6 is 0 Å². The van der Waals surface area contributed by atoms with E-state index < -0.39 is 17.4 Å². The van der Waals surface area contributed by atoms with E-state index in [9.17, 15) is 13.6 Å². The molecule has 92 valence electrons. The van der Waals surface area contributed by atoms with Crippen LogP contribution in [-0.4, -0.2) is 5.78 Å². The number of rotatable bonds is 2. The zero-order valence-corrected chi connectivity index (χ0v) is 10.1. The molecule has 0 radical (unpaired) electrons. The van der Waals surface area contributed by atoms with Crippen LogP contribution in [0.3, 0.4) is 0 Å². The van der Waals surface area contributed by atoms with E-state index >= 15 is 0 Å². The summed E-state index contributed by atoms with van der Waals surface area (Å²) < 4.78 is 26.8. The Hall–Kier alpha value is -2.03. The maximum Gasteiger partial charge on any atom is 0.196 e. The molecule has 3 heteroatoms. The molecule has 0 fully saturated rings. The Balaban J connectivity index is 2.51. The van der Waals surface area contributed by atoms with Gasteiger partial charge in [-0.05, 0) is 49.2 Å².